The summed E-state index contributed by atoms with van der Waals surface area (Å²) < 4.78 is 0.676. The molecular formula is C11H13BrN2O4. The maximum absolute atomic E-state index is 10.9. The van der Waals surface area contributed by atoms with Crippen LogP contribution in [0.15, 0.2) is 22.7 Å². The number of nitro groups is 1. The molecule has 7 heteroatoms. The van der Waals surface area contributed by atoms with E-state index >= 15 is 0 Å². The zero-order valence-electron chi connectivity index (χ0n) is 9.80. The molecule has 0 unspecified atom stereocenters. The van der Waals surface area contributed by atoms with Crippen LogP contribution in [0.3, 0.4) is 0 Å². The molecule has 0 heterocycles. The third-order valence-electron chi connectivity index (χ3n) is 2.29. The van der Waals surface area contributed by atoms with Crippen molar-refractivity contribution >= 4 is 33.3 Å². The number of aliphatic carboxylic acids is 1. The Morgan fingerprint density at radius 1 is 1.56 bits per heavy atom. The molecule has 1 aromatic rings. The first-order valence-corrected chi connectivity index (χ1v) is 6.15. The number of carbonyl (C=O) groups is 1. The molecule has 0 aliphatic heterocycles. The van der Waals surface area contributed by atoms with E-state index in [1.165, 1.54) is 11.0 Å². The van der Waals surface area contributed by atoms with Crippen molar-refractivity contribution in [3.05, 3.63) is 32.8 Å². The normalized spacial score (nSPS) is 10.1. The molecule has 1 rings (SSSR count). The lowest BCUT2D eigenvalue weighted by molar-refractivity contribution is -0.384. The number of anilines is 1. The summed E-state index contributed by atoms with van der Waals surface area (Å²) in [4.78, 5) is 22.7. The Hall–Kier alpha value is -1.63. The van der Waals surface area contributed by atoms with E-state index in [1.807, 2.05) is 6.92 Å². The Balaban J connectivity index is 3.19. The highest BCUT2D eigenvalue weighted by Crippen LogP contribution is 2.31. The number of benzene rings is 1. The van der Waals surface area contributed by atoms with Gasteiger partial charge in [-0.1, -0.05) is 22.9 Å². The lowest BCUT2D eigenvalue weighted by Gasteiger charge is -2.22. The first-order valence-electron chi connectivity index (χ1n) is 5.36. The Bertz CT molecular complexity index is 464. The molecule has 0 aliphatic rings. The first kappa shape index (κ1) is 14.4. The Kier molecular flexibility index (Phi) is 5.08. The average Bonchev–Trinajstić information content (AvgIpc) is 2.27. The van der Waals surface area contributed by atoms with Crippen molar-refractivity contribution in [2.45, 2.75) is 13.3 Å². The van der Waals surface area contributed by atoms with Crippen molar-refractivity contribution in [3.63, 3.8) is 0 Å². The zero-order chi connectivity index (χ0) is 13.7. The van der Waals surface area contributed by atoms with Crippen LogP contribution in [0.1, 0.15) is 13.3 Å². The van der Waals surface area contributed by atoms with Gasteiger partial charge in [0, 0.05) is 17.1 Å². The van der Waals surface area contributed by atoms with Crippen LogP contribution in [0, 0.1) is 10.1 Å². The van der Waals surface area contributed by atoms with Crippen molar-refractivity contribution in [1.29, 1.82) is 0 Å². The molecular weight excluding hydrogens is 304 g/mol. The van der Waals surface area contributed by atoms with Crippen LogP contribution >= 0.6 is 15.9 Å². The highest BCUT2D eigenvalue weighted by Gasteiger charge is 2.20. The van der Waals surface area contributed by atoms with Gasteiger partial charge in [-0.2, -0.15) is 0 Å². The summed E-state index contributed by atoms with van der Waals surface area (Å²) in [6.07, 6.45) is 0.705. The topological polar surface area (TPSA) is 83.7 Å². The van der Waals surface area contributed by atoms with Crippen LogP contribution < -0.4 is 4.90 Å². The van der Waals surface area contributed by atoms with Crippen molar-refractivity contribution < 1.29 is 14.8 Å². The van der Waals surface area contributed by atoms with Gasteiger partial charge in [-0.25, -0.2) is 0 Å². The second-order valence-corrected chi connectivity index (χ2v) is 4.62. The van der Waals surface area contributed by atoms with Gasteiger partial charge in [-0.3, -0.25) is 14.9 Å². The van der Waals surface area contributed by atoms with E-state index in [4.69, 9.17) is 5.11 Å². The molecule has 0 saturated heterocycles. The van der Waals surface area contributed by atoms with Crippen LogP contribution in [-0.4, -0.2) is 29.1 Å². The van der Waals surface area contributed by atoms with E-state index in [0.29, 0.717) is 23.1 Å². The standard InChI is InChI=1S/C11H13BrN2O4/c1-2-5-13(7-11(15)16)10-6-8(12)3-4-9(10)14(17)18/h3-4,6H,2,5,7H2,1H3,(H,15,16). The molecule has 98 valence electrons. The number of carboxylic acid groups (broad SMARTS) is 1. The highest BCUT2D eigenvalue weighted by atomic mass is 79.9. The number of rotatable bonds is 6. The number of hydrogen-bond donors (Lipinski definition) is 1. The first-order chi connectivity index (χ1) is 8.45. The predicted octanol–water partition coefficient (Wildman–Crippen LogP) is 2.66. The number of hydrogen-bond acceptors (Lipinski definition) is 4. The Morgan fingerprint density at radius 2 is 2.22 bits per heavy atom. The lowest BCUT2D eigenvalue weighted by atomic mass is 10.2. The van der Waals surface area contributed by atoms with Crippen molar-refractivity contribution in [2.75, 3.05) is 18.0 Å². The van der Waals surface area contributed by atoms with Gasteiger partial charge in [0.05, 0.1) is 4.92 Å². The second-order valence-electron chi connectivity index (χ2n) is 3.71. The minimum absolute atomic E-state index is 0.0899. The number of halogens is 1. The lowest BCUT2D eigenvalue weighted by Crippen LogP contribution is -2.30. The average molecular weight is 317 g/mol. The predicted molar refractivity (Wildman–Crippen MR) is 70.9 cm³/mol. The minimum Gasteiger partial charge on any atom is -0.480 e. The summed E-state index contributed by atoms with van der Waals surface area (Å²) in [5.41, 5.74) is 0.228. The number of carboxylic acids is 1. The van der Waals surface area contributed by atoms with Crippen molar-refractivity contribution in [2.24, 2.45) is 0 Å². The summed E-state index contributed by atoms with van der Waals surface area (Å²) in [5.74, 6) is -1.02. The molecule has 6 nitrogen and oxygen atoms in total. The molecule has 1 N–H and O–H groups in total. The largest absolute Gasteiger partial charge is 0.480 e. The fourth-order valence-corrected chi connectivity index (χ4v) is 1.97. The second kappa shape index (κ2) is 6.34. The van der Waals surface area contributed by atoms with E-state index in [2.05, 4.69) is 15.9 Å². The number of nitrogens with zero attached hydrogens (tertiary/aromatic N) is 2. The maximum Gasteiger partial charge on any atom is 0.323 e. The summed E-state index contributed by atoms with van der Waals surface area (Å²) in [7, 11) is 0. The van der Waals surface area contributed by atoms with E-state index in [1.54, 1.807) is 12.1 Å². The van der Waals surface area contributed by atoms with E-state index in [9.17, 15) is 14.9 Å². The van der Waals surface area contributed by atoms with Crippen LogP contribution in [0.5, 0.6) is 0 Å². The van der Waals surface area contributed by atoms with Crippen LogP contribution in [-0.2, 0) is 4.79 Å². The van der Waals surface area contributed by atoms with Crippen molar-refractivity contribution in [1.82, 2.24) is 0 Å². The molecule has 0 radical (unpaired) electrons. The van der Waals surface area contributed by atoms with Gasteiger partial charge in [0.1, 0.15) is 12.2 Å². The Labute approximate surface area is 112 Å². The summed E-state index contributed by atoms with van der Waals surface area (Å²) in [6, 6.07) is 4.49. The molecule has 0 saturated carbocycles. The Morgan fingerprint density at radius 3 is 2.72 bits per heavy atom. The van der Waals surface area contributed by atoms with Crippen LogP contribution in [0.2, 0.25) is 0 Å². The van der Waals surface area contributed by atoms with E-state index in [-0.39, 0.29) is 12.2 Å². The van der Waals surface area contributed by atoms with Gasteiger partial charge in [0.25, 0.3) is 5.69 Å². The van der Waals surface area contributed by atoms with Crippen molar-refractivity contribution in [3.8, 4) is 0 Å². The van der Waals surface area contributed by atoms with Gasteiger partial charge in [0.2, 0.25) is 0 Å². The fraction of sp³-hybridized carbons (Fsp3) is 0.364. The van der Waals surface area contributed by atoms with E-state index in [0.717, 1.165) is 0 Å². The quantitative estimate of drug-likeness (QED) is 0.644. The van der Waals surface area contributed by atoms with Crippen LogP contribution in [0.25, 0.3) is 0 Å². The van der Waals surface area contributed by atoms with Gasteiger partial charge >= 0.3 is 5.97 Å². The third kappa shape index (κ3) is 3.69. The fourth-order valence-electron chi connectivity index (χ4n) is 1.62. The number of nitro benzene ring substituents is 1. The van der Waals surface area contributed by atoms with Gasteiger partial charge < -0.3 is 10.0 Å². The summed E-state index contributed by atoms with van der Waals surface area (Å²) >= 11 is 3.23. The molecule has 0 amide bonds. The summed E-state index contributed by atoms with van der Waals surface area (Å²) in [6.45, 7) is 2.08. The SMILES string of the molecule is CCCN(CC(=O)O)c1cc(Br)ccc1[N+](=O)[O-]. The third-order valence-corrected chi connectivity index (χ3v) is 2.79. The van der Waals surface area contributed by atoms with Gasteiger partial charge in [-0.05, 0) is 18.6 Å². The summed E-state index contributed by atoms with van der Waals surface area (Å²) in [5, 5.41) is 19.8. The molecule has 0 fully saturated rings. The van der Waals surface area contributed by atoms with E-state index < -0.39 is 10.9 Å². The van der Waals surface area contributed by atoms with Gasteiger partial charge in [-0.15, -0.1) is 0 Å². The maximum atomic E-state index is 10.9. The molecule has 0 spiro atoms. The molecule has 18 heavy (non-hydrogen) atoms. The molecule has 0 aromatic heterocycles. The molecule has 1 aromatic carbocycles. The molecule has 0 aliphatic carbocycles. The molecule has 0 atom stereocenters. The smallest absolute Gasteiger partial charge is 0.323 e. The monoisotopic (exact) mass is 316 g/mol. The highest BCUT2D eigenvalue weighted by molar-refractivity contribution is 9.10. The van der Waals surface area contributed by atoms with Crippen LogP contribution in [0.4, 0.5) is 11.4 Å². The van der Waals surface area contributed by atoms with Gasteiger partial charge in [0.15, 0.2) is 0 Å². The zero-order valence-corrected chi connectivity index (χ0v) is 11.4. The minimum atomic E-state index is -1.02. The molecule has 0 bridgehead atoms.